The van der Waals surface area contributed by atoms with Gasteiger partial charge in [-0.2, -0.15) is 0 Å². The molecular formula is C33H48N2O15. The van der Waals surface area contributed by atoms with Crippen LogP contribution >= 0.6 is 0 Å². The predicted octanol–water partition coefficient (Wildman–Crippen LogP) is -1.14. The SMILES string of the molecule is CC(C)C(=O)OCc1ccc(CCCOCCOCCOCCNC(O)CCN2C(=O)C=CC2=O)cc1O[C@@H]1O[C@H](C(=O)O)[C@@H](O)[C@H](O)[C@H]1O. The minimum absolute atomic E-state index is 0.122. The molecule has 2 aliphatic rings. The van der Waals surface area contributed by atoms with E-state index in [9.17, 15) is 44.7 Å². The lowest BCUT2D eigenvalue weighted by molar-refractivity contribution is -0.271. The van der Waals surface area contributed by atoms with E-state index in [1.54, 1.807) is 32.0 Å². The first kappa shape index (κ1) is 40.9. The van der Waals surface area contributed by atoms with Crippen molar-refractivity contribution in [1.82, 2.24) is 10.2 Å². The molecule has 1 aromatic carbocycles. The maximum atomic E-state index is 12.0. The Balaban J connectivity index is 1.32. The molecule has 0 aliphatic carbocycles. The third kappa shape index (κ3) is 13.0. The fourth-order valence-electron chi connectivity index (χ4n) is 4.80. The van der Waals surface area contributed by atoms with Crippen LogP contribution < -0.4 is 10.1 Å². The van der Waals surface area contributed by atoms with E-state index in [2.05, 4.69) is 5.32 Å². The molecule has 6 atom stereocenters. The monoisotopic (exact) mass is 712 g/mol. The van der Waals surface area contributed by atoms with Gasteiger partial charge in [0.2, 0.25) is 6.29 Å². The lowest BCUT2D eigenvalue weighted by atomic mass is 9.99. The number of carboxylic acid groups (broad SMARTS) is 1. The van der Waals surface area contributed by atoms with Crippen molar-refractivity contribution < 1.29 is 73.1 Å². The Bertz CT molecular complexity index is 1270. The number of hydrogen-bond acceptors (Lipinski definition) is 15. The number of carbonyl (C=O) groups excluding carboxylic acids is 3. The number of aliphatic hydroxyl groups is 4. The molecule has 0 aromatic heterocycles. The van der Waals surface area contributed by atoms with E-state index in [1.807, 2.05) is 0 Å². The van der Waals surface area contributed by atoms with Gasteiger partial charge in [0, 0.05) is 43.8 Å². The number of amides is 2. The third-order valence-corrected chi connectivity index (χ3v) is 7.68. The van der Waals surface area contributed by atoms with Crippen molar-refractivity contribution in [2.75, 3.05) is 52.7 Å². The second-order valence-corrected chi connectivity index (χ2v) is 11.9. The van der Waals surface area contributed by atoms with Gasteiger partial charge in [-0.3, -0.25) is 24.6 Å². The normalized spacial score (nSPS) is 22.7. The maximum absolute atomic E-state index is 12.0. The number of imide groups is 1. The molecule has 0 bridgehead atoms. The molecule has 0 spiro atoms. The van der Waals surface area contributed by atoms with E-state index in [-0.39, 0.29) is 43.1 Å². The number of esters is 1. The number of aliphatic carboxylic acids is 1. The Hall–Kier alpha value is -3.52. The highest BCUT2D eigenvalue weighted by molar-refractivity contribution is 6.12. The molecule has 17 nitrogen and oxygen atoms in total. The molecule has 17 heteroatoms. The quantitative estimate of drug-likeness (QED) is 0.0340. The molecule has 2 amide bonds. The summed E-state index contributed by atoms with van der Waals surface area (Å²) in [4.78, 5) is 47.6. The molecule has 1 aromatic rings. The number of nitrogens with one attached hydrogen (secondary N) is 1. The number of nitrogens with zero attached hydrogens (tertiary/aromatic N) is 1. The summed E-state index contributed by atoms with van der Waals surface area (Å²) in [5.74, 6) is -2.99. The van der Waals surface area contributed by atoms with Crippen molar-refractivity contribution in [2.24, 2.45) is 5.92 Å². The Kier molecular flexibility index (Phi) is 17.2. The number of aliphatic hydroxyl groups excluding tert-OH is 4. The number of carbonyl (C=O) groups is 4. The Morgan fingerprint density at radius 3 is 2.20 bits per heavy atom. The summed E-state index contributed by atoms with van der Waals surface area (Å²) in [7, 11) is 0. The zero-order chi connectivity index (χ0) is 36.6. The number of ether oxygens (including phenoxy) is 6. The van der Waals surface area contributed by atoms with Crippen molar-refractivity contribution in [2.45, 2.75) is 76.7 Å². The first-order chi connectivity index (χ1) is 23.9. The van der Waals surface area contributed by atoms with Crippen molar-refractivity contribution in [3.05, 3.63) is 41.5 Å². The summed E-state index contributed by atoms with van der Waals surface area (Å²) in [6, 6.07) is 5.11. The Morgan fingerprint density at radius 1 is 0.920 bits per heavy atom. The van der Waals surface area contributed by atoms with Crippen molar-refractivity contribution in [3.63, 3.8) is 0 Å². The number of aryl methyl sites for hydroxylation is 1. The van der Waals surface area contributed by atoms with E-state index < -0.39 is 48.9 Å². The molecule has 2 aliphatic heterocycles. The summed E-state index contributed by atoms with van der Waals surface area (Å²) >= 11 is 0. The average Bonchev–Trinajstić information content (AvgIpc) is 3.41. The van der Waals surface area contributed by atoms with Crippen LogP contribution in [0.4, 0.5) is 0 Å². The molecule has 6 N–H and O–H groups in total. The van der Waals surface area contributed by atoms with E-state index >= 15 is 0 Å². The van der Waals surface area contributed by atoms with Gasteiger partial charge in [0.15, 0.2) is 6.10 Å². The smallest absolute Gasteiger partial charge is 0.335 e. The first-order valence-corrected chi connectivity index (χ1v) is 16.4. The fourth-order valence-corrected chi connectivity index (χ4v) is 4.80. The van der Waals surface area contributed by atoms with Crippen LogP contribution in [0.1, 0.15) is 37.8 Å². The van der Waals surface area contributed by atoms with Crippen molar-refractivity contribution in [3.8, 4) is 5.75 Å². The Labute approximate surface area is 289 Å². The second kappa shape index (κ2) is 21.0. The zero-order valence-electron chi connectivity index (χ0n) is 28.2. The molecule has 50 heavy (non-hydrogen) atoms. The highest BCUT2D eigenvalue weighted by Gasteiger charge is 2.48. The van der Waals surface area contributed by atoms with Crippen molar-refractivity contribution in [1.29, 1.82) is 0 Å². The summed E-state index contributed by atoms with van der Waals surface area (Å²) in [5.41, 5.74) is 1.22. The third-order valence-electron chi connectivity index (χ3n) is 7.68. The zero-order valence-corrected chi connectivity index (χ0v) is 28.2. The summed E-state index contributed by atoms with van der Waals surface area (Å²) < 4.78 is 32.9. The van der Waals surface area contributed by atoms with E-state index in [0.717, 1.165) is 10.5 Å². The topological polar surface area (TPSA) is 240 Å². The molecule has 0 radical (unpaired) electrons. The van der Waals surface area contributed by atoms with E-state index in [0.29, 0.717) is 64.6 Å². The highest BCUT2D eigenvalue weighted by Crippen LogP contribution is 2.29. The van der Waals surface area contributed by atoms with Crippen LogP contribution in [-0.2, 0) is 55.9 Å². The van der Waals surface area contributed by atoms with Crippen LogP contribution in [0.15, 0.2) is 30.4 Å². The minimum Gasteiger partial charge on any atom is -0.479 e. The van der Waals surface area contributed by atoms with Crippen LogP contribution in [0.5, 0.6) is 5.75 Å². The summed E-state index contributed by atoms with van der Waals surface area (Å²) in [6.45, 7) is 5.85. The first-order valence-electron chi connectivity index (χ1n) is 16.4. The fraction of sp³-hybridized carbons (Fsp3) is 0.636. The molecule has 1 fully saturated rings. The van der Waals surface area contributed by atoms with Gasteiger partial charge in [0.1, 0.15) is 36.9 Å². The van der Waals surface area contributed by atoms with Gasteiger partial charge in [-0.1, -0.05) is 26.0 Å². The molecule has 280 valence electrons. The maximum Gasteiger partial charge on any atom is 0.335 e. The van der Waals surface area contributed by atoms with Crippen LogP contribution in [0.25, 0.3) is 0 Å². The molecule has 1 unspecified atom stereocenters. The molecule has 0 saturated carbocycles. The van der Waals surface area contributed by atoms with E-state index in [1.165, 1.54) is 12.2 Å². The minimum atomic E-state index is -1.87. The van der Waals surface area contributed by atoms with Gasteiger partial charge in [0.25, 0.3) is 11.8 Å². The largest absolute Gasteiger partial charge is 0.479 e. The summed E-state index contributed by atoms with van der Waals surface area (Å²) in [5, 5.41) is 52.7. The van der Waals surface area contributed by atoms with Crippen LogP contribution in [0.3, 0.4) is 0 Å². The number of carboxylic acids is 1. The molecule has 1 saturated heterocycles. The second-order valence-electron chi connectivity index (χ2n) is 11.9. The molecule has 2 heterocycles. The molecule has 3 rings (SSSR count). The lowest BCUT2D eigenvalue weighted by Gasteiger charge is -2.38. The molecular weight excluding hydrogens is 664 g/mol. The van der Waals surface area contributed by atoms with Gasteiger partial charge in [0.05, 0.1) is 39.0 Å². The summed E-state index contributed by atoms with van der Waals surface area (Å²) in [6.07, 6.45) is -6.02. The number of benzene rings is 1. The van der Waals surface area contributed by atoms with Crippen molar-refractivity contribution >= 4 is 23.8 Å². The Morgan fingerprint density at radius 2 is 1.56 bits per heavy atom. The van der Waals surface area contributed by atoms with Gasteiger partial charge in [-0.25, -0.2) is 4.79 Å². The standard InChI is InChI=1S/C33H48N2O15/c1-20(2)32(44)48-19-22-6-5-21(18-23(22)49-33-29(41)27(39)28(40)30(50-33)31(42)43)4-3-12-45-14-16-47-17-15-46-13-10-34-24(36)9-11-35-25(37)7-8-26(35)38/h5-8,18,20,24,27-30,33-34,36,39-41H,3-4,9-17,19H2,1-2H3,(H,42,43)/t24?,27-,28-,29+,30-,33+/m0/s1. The highest BCUT2D eigenvalue weighted by atomic mass is 16.7. The van der Waals surface area contributed by atoms with Gasteiger partial charge in [-0.05, 0) is 24.5 Å². The van der Waals surface area contributed by atoms with E-state index in [4.69, 9.17) is 28.4 Å². The van der Waals surface area contributed by atoms with Crippen LogP contribution in [-0.4, -0.2) is 144 Å². The number of rotatable bonds is 23. The van der Waals surface area contributed by atoms with Crippen LogP contribution in [0, 0.1) is 5.92 Å². The average molecular weight is 713 g/mol. The van der Waals surface area contributed by atoms with Gasteiger partial charge >= 0.3 is 11.9 Å². The predicted molar refractivity (Wildman–Crippen MR) is 171 cm³/mol. The van der Waals surface area contributed by atoms with Gasteiger partial charge in [-0.15, -0.1) is 0 Å². The van der Waals surface area contributed by atoms with Gasteiger partial charge < -0.3 is 54.0 Å². The lowest BCUT2D eigenvalue weighted by Crippen LogP contribution is -2.61. The van der Waals surface area contributed by atoms with Crippen LogP contribution in [0.2, 0.25) is 0 Å². The number of hydrogen-bond donors (Lipinski definition) is 6.